The maximum absolute atomic E-state index is 10.5. The average Bonchev–Trinajstić information content (AvgIpc) is 3.47. The van der Waals surface area contributed by atoms with Crippen LogP contribution in [0, 0.1) is 0 Å². The van der Waals surface area contributed by atoms with Crippen molar-refractivity contribution < 1.29 is 29.3 Å². The molecule has 42 heavy (non-hydrogen) atoms. The van der Waals surface area contributed by atoms with Gasteiger partial charge in [-0.1, -0.05) is 65.8 Å². The summed E-state index contributed by atoms with van der Waals surface area (Å²) in [5, 5.41) is 25.3. The van der Waals surface area contributed by atoms with Crippen LogP contribution in [0.3, 0.4) is 0 Å². The van der Waals surface area contributed by atoms with Crippen LogP contribution in [-0.4, -0.2) is 82.0 Å². The number of ether oxygens (including phenoxy) is 3. The minimum Gasteiger partial charge on any atom is -0.393 e. The summed E-state index contributed by atoms with van der Waals surface area (Å²) in [5.41, 5.74) is 7.70. The van der Waals surface area contributed by atoms with Gasteiger partial charge >= 0.3 is 0 Å². The Bertz CT molecular complexity index is 1400. The molecule has 0 aliphatic carbocycles. The molecule has 3 aliphatic heterocycles. The Balaban J connectivity index is 1.04. The van der Waals surface area contributed by atoms with Crippen molar-refractivity contribution in [2.24, 2.45) is 5.16 Å². The Morgan fingerprint density at radius 3 is 2.52 bits per heavy atom. The number of nitrogens with zero attached hydrogens (tertiary/aromatic N) is 3. The molecule has 2 aromatic carbocycles. The van der Waals surface area contributed by atoms with E-state index in [-0.39, 0.29) is 6.61 Å². The van der Waals surface area contributed by atoms with Gasteiger partial charge in [-0.05, 0) is 38.0 Å². The molecule has 9 nitrogen and oxygen atoms in total. The van der Waals surface area contributed by atoms with E-state index in [0.29, 0.717) is 0 Å². The highest BCUT2D eigenvalue weighted by Gasteiger charge is 2.56. The second-order valence-electron chi connectivity index (χ2n) is 11.7. The van der Waals surface area contributed by atoms with E-state index >= 15 is 0 Å². The highest BCUT2D eigenvalue weighted by molar-refractivity contribution is 5.82. The number of benzene rings is 2. The van der Waals surface area contributed by atoms with Crippen LogP contribution in [0.1, 0.15) is 38.4 Å². The van der Waals surface area contributed by atoms with Crippen LogP contribution >= 0.6 is 0 Å². The van der Waals surface area contributed by atoms with Gasteiger partial charge < -0.3 is 29.3 Å². The molecule has 3 aromatic rings. The maximum Gasteiger partial charge on any atom is 0.190 e. The minimum atomic E-state index is -1.07. The fourth-order valence-corrected chi connectivity index (χ4v) is 5.89. The summed E-state index contributed by atoms with van der Waals surface area (Å²) in [5.74, 6) is -0.827. The molecule has 6 rings (SSSR count). The molecule has 0 unspecified atom stereocenters. The molecule has 9 heteroatoms. The number of rotatable bonds is 9. The van der Waals surface area contributed by atoms with Gasteiger partial charge in [-0.15, -0.1) is 0 Å². The van der Waals surface area contributed by atoms with Gasteiger partial charge in [0.15, 0.2) is 12.1 Å². The van der Waals surface area contributed by atoms with Gasteiger partial charge in [0.2, 0.25) is 0 Å². The molecule has 0 amide bonds. The number of oxime groups is 1. The summed E-state index contributed by atoms with van der Waals surface area (Å²) >= 11 is 0. The predicted molar refractivity (Wildman–Crippen MR) is 158 cm³/mol. The van der Waals surface area contributed by atoms with Crippen LogP contribution in [-0.2, 0) is 32.0 Å². The van der Waals surface area contributed by atoms with E-state index in [2.05, 4.69) is 64.7 Å². The molecule has 2 N–H and O–H groups in total. The number of aliphatic hydroxyl groups excluding tert-OH is 2. The van der Waals surface area contributed by atoms with Crippen LogP contribution in [0.15, 0.2) is 71.9 Å². The predicted octanol–water partition coefficient (Wildman–Crippen LogP) is 4.15. The van der Waals surface area contributed by atoms with E-state index in [4.69, 9.17) is 24.0 Å². The van der Waals surface area contributed by atoms with Crippen molar-refractivity contribution in [2.75, 3.05) is 19.7 Å². The smallest absolute Gasteiger partial charge is 0.190 e. The number of aliphatic hydroxyl groups is 2. The van der Waals surface area contributed by atoms with Crippen molar-refractivity contribution in [1.82, 2.24) is 9.88 Å². The maximum atomic E-state index is 10.5. The van der Waals surface area contributed by atoms with Crippen LogP contribution in [0.25, 0.3) is 22.4 Å². The molecule has 0 bridgehead atoms. The lowest BCUT2D eigenvalue weighted by molar-refractivity contribution is -0.228. The molecule has 0 spiro atoms. The number of hydrogen-bond donors (Lipinski definition) is 2. The molecule has 222 valence electrons. The molecule has 0 radical (unpaired) electrons. The van der Waals surface area contributed by atoms with E-state index in [1.54, 1.807) is 13.8 Å². The largest absolute Gasteiger partial charge is 0.393 e. The first-order valence-corrected chi connectivity index (χ1v) is 14.7. The normalized spacial score (nSPS) is 26.1. The fraction of sp³-hybridized carbons (Fsp3) is 0.455. The topological polar surface area (TPSA) is 106 Å². The molecule has 2 fully saturated rings. The third-order valence-corrected chi connectivity index (χ3v) is 8.07. The molecule has 2 saturated heterocycles. The average molecular weight is 574 g/mol. The highest BCUT2D eigenvalue weighted by atomic mass is 16.8. The lowest BCUT2D eigenvalue weighted by Crippen LogP contribution is -2.42. The first kappa shape index (κ1) is 28.9. The molecule has 0 saturated carbocycles. The van der Waals surface area contributed by atoms with Crippen LogP contribution in [0.5, 0.6) is 0 Å². The summed E-state index contributed by atoms with van der Waals surface area (Å²) in [7, 11) is 0. The van der Waals surface area contributed by atoms with Crippen molar-refractivity contribution >= 4 is 5.71 Å². The fourth-order valence-electron chi connectivity index (χ4n) is 5.89. The molecule has 4 heterocycles. The summed E-state index contributed by atoms with van der Waals surface area (Å²) < 4.78 is 17.0. The lowest BCUT2D eigenvalue weighted by Gasteiger charge is -2.29. The summed E-state index contributed by atoms with van der Waals surface area (Å²) in [4.78, 5) is 13.0. The molecule has 3 aliphatic rings. The van der Waals surface area contributed by atoms with Crippen molar-refractivity contribution in [1.29, 1.82) is 0 Å². The Morgan fingerprint density at radius 2 is 1.81 bits per heavy atom. The number of fused-ring (bicyclic) bond motifs is 2. The molecule has 1 aromatic heterocycles. The van der Waals surface area contributed by atoms with E-state index in [1.165, 1.54) is 5.56 Å². The first-order chi connectivity index (χ1) is 20.3. The van der Waals surface area contributed by atoms with Crippen molar-refractivity contribution in [3.63, 3.8) is 0 Å². The van der Waals surface area contributed by atoms with Gasteiger partial charge in [0.1, 0.15) is 31.0 Å². The van der Waals surface area contributed by atoms with Crippen molar-refractivity contribution in [3.8, 4) is 22.4 Å². The minimum absolute atomic E-state index is 0.101. The summed E-state index contributed by atoms with van der Waals surface area (Å²) in [6.45, 7) is 7.92. The van der Waals surface area contributed by atoms with E-state index < -0.39 is 36.5 Å². The molecular weight excluding hydrogens is 534 g/mol. The summed E-state index contributed by atoms with van der Waals surface area (Å²) in [6, 6.07) is 23.1. The monoisotopic (exact) mass is 573 g/mol. The SMILES string of the molecule is CC(CCN1CCc2nc(-c3ccccc3)c(-c3ccccc3)cc2C1)=NOC[C@@H](O)[C@H]1O[C@@H]2OC(C)(C)O[C@H]2[C@@H]1O. The van der Waals surface area contributed by atoms with Gasteiger partial charge in [0, 0.05) is 49.3 Å². The Labute approximate surface area is 246 Å². The second kappa shape index (κ2) is 12.2. The van der Waals surface area contributed by atoms with Crippen LogP contribution in [0.2, 0.25) is 0 Å². The van der Waals surface area contributed by atoms with E-state index in [9.17, 15) is 10.2 Å². The van der Waals surface area contributed by atoms with Gasteiger partial charge in [0.25, 0.3) is 0 Å². The van der Waals surface area contributed by atoms with Crippen LogP contribution < -0.4 is 0 Å². The second-order valence-corrected chi connectivity index (χ2v) is 11.7. The van der Waals surface area contributed by atoms with Crippen LogP contribution in [0.4, 0.5) is 0 Å². The Hall–Kier alpha value is -3.18. The zero-order chi connectivity index (χ0) is 29.3. The van der Waals surface area contributed by atoms with E-state index in [1.807, 2.05) is 19.1 Å². The highest BCUT2D eigenvalue weighted by Crippen LogP contribution is 2.38. The van der Waals surface area contributed by atoms with Gasteiger partial charge in [-0.3, -0.25) is 9.88 Å². The van der Waals surface area contributed by atoms with Gasteiger partial charge in [-0.25, -0.2) is 0 Å². The zero-order valence-corrected chi connectivity index (χ0v) is 24.3. The van der Waals surface area contributed by atoms with Gasteiger partial charge in [-0.2, -0.15) is 0 Å². The Kier molecular flexibility index (Phi) is 8.40. The molecular formula is C33H39N3O6. The molecule has 5 atom stereocenters. The van der Waals surface area contributed by atoms with Gasteiger partial charge in [0.05, 0.1) is 11.4 Å². The Morgan fingerprint density at radius 1 is 1.10 bits per heavy atom. The zero-order valence-electron chi connectivity index (χ0n) is 24.3. The number of aromatic nitrogens is 1. The van der Waals surface area contributed by atoms with Crippen molar-refractivity contribution in [3.05, 3.63) is 78.0 Å². The summed E-state index contributed by atoms with van der Waals surface area (Å²) in [6.07, 6.45) is -2.67. The first-order valence-electron chi connectivity index (χ1n) is 14.7. The van der Waals surface area contributed by atoms with Crippen molar-refractivity contribution in [2.45, 2.75) is 76.7 Å². The standard InChI is InChI=1S/C33H39N3O6/c1-21(35-39-20-27(37)30-29(38)31-32(40-30)42-33(2,3)41-31)14-16-36-17-15-26-24(19-36)18-25(22-10-6-4-7-11-22)28(34-26)23-12-8-5-9-13-23/h4-13,18,27,29-32,37-38H,14-17,19-20H2,1-3H3/t27-,29-,30-,31+,32-/m1/s1. The quantitative estimate of drug-likeness (QED) is 0.291. The lowest BCUT2D eigenvalue weighted by atomic mass is 9.94. The van der Waals surface area contributed by atoms with E-state index in [0.717, 1.165) is 66.3 Å². The number of hydrogen-bond acceptors (Lipinski definition) is 9. The third-order valence-electron chi connectivity index (χ3n) is 8.07. The third kappa shape index (κ3) is 6.27. The number of pyridine rings is 1.